The molecule has 1 aliphatic rings. The summed E-state index contributed by atoms with van der Waals surface area (Å²) in [6, 6.07) is 4.29. The highest BCUT2D eigenvalue weighted by atomic mass is 19.1. The fourth-order valence-corrected chi connectivity index (χ4v) is 2.03. The number of aliphatic hydroxyl groups is 1. The maximum atomic E-state index is 13.8. The molecule has 0 saturated heterocycles. The van der Waals surface area contributed by atoms with E-state index in [4.69, 9.17) is 5.11 Å². The molecule has 0 heterocycles. The lowest BCUT2D eigenvalue weighted by Crippen LogP contribution is -2.32. The van der Waals surface area contributed by atoms with Crippen LogP contribution in [0.25, 0.3) is 0 Å². The van der Waals surface area contributed by atoms with Crippen molar-refractivity contribution in [3.05, 3.63) is 35.1 Å². The molecule has 1 fully saturated rings. The van der Waals surface area contributed by atoms with Gasteiger partial charge in [-0.1, -0.05) is 11.8 Å². The van der Waals surface area contributed by atoms with Gasteiger partial charge in [0.25, 0.3) is 5.91 Å². The molecule has 1 saturated carbocycles. The summed E-state index contributed by atoms with van der Waals surface area (Å²) >= 11 is 0. The van der Waals surface area contributed by atoms with Crippen molar-refractivity contribution in [3.8, 4) is 11.8 Å². The quantitative estimate of drug-likeness (QED) is 0.854. The van der Waals surface area contributed by atoms with Crippen LogP contribution in [0.1, 0.15) is 35.7 Å². The van der Waals surface area contributed by atoms with Crippen molar-refractivity contribution in [2.75, 3.05) is 19.7 Å². The predicted octanol–water partition coefficient (Wildman–Crippen LogP) is 2.04. The van der Waals surface area contributed by atoms with Crippen molar-refractivity contribution in [2.45, 2.75) is 19.8 Å². The van der Waals surface area contributed by atoms with E-state index in [-0.39, 0.29) is 18.1 Å². The topological polar surface area (TPSA) is 40.5 Å². The van der Waals surface area contributed by atoms with Crippen molar-refractivity contribution in [3.63, 3.8) is 0 Å². The Bertz CT molecular complexity index is 555. The van der Waals surface area contributed by atoms with Crippen LogP contribution in [-0.4, -0.2) is 35.6 Å². The first-order chi connectivity index (χ1) is 9.65. The molecule has 0 spiro atoms. The van der Waals surface area contributed by atoms with Crippen LogP contribution >= 0.6 is 0 Å². The Balaban J connectivity index is 2.14. The van der Waals surface area contributed by atoms with Gasteiger partial charge in [0.05, 0.1) is 5.56 Å². The number of carbonyl (C=O) groups is 1. The first kappa shape index (κ1) is 14.5. The molecule has 2 rings (SSSR count). The van der Waals surface area contributed by atoms with Crippen molar-refractivity contribution < 1.29 is 14.3 Å². The van der Waals surface area contributed by atoms with Crippen LogP contribution in [0.4, 0.5) is 4.39 Å². The number of benzene rings is 1. The third kappa shape index (κ3) is 3.58. The van der Waals surface area contributed by atoms with Gasteiger partial charge in [0, 0.05) is 18.7 Å². The summed E-state index contributed by atoms with van der Waals surface area (Å²) < 4.78 is 13.8. The van der Waals surface area contributed by atoms with Gasteiger partial charge in [0.1, 0.15) is 12.4 Å². The Kier molecular flexibility index (Phi) is 4.75. The number of halogens is 1. The minimum atomic E-state index is -0.528. The Morgan fingerprint density at radius 1 is 1.50 bits per heavy atom. The van der Waals surface area contributed by atoms with Crippen LogP contribution in [0, 0.1) is 23.6 Å². The zero-order chi connectivity index (χ0) is 14.5. The Hall–Kier alpha value is -1.86. The molecular formula is C16H18FNO2. The van der Waals surface area contributed by atoms with E-state index < -0.39 is 5.82 Å². The summed E-state index contributed by atoms with van der Waals surface area (Å²) in [7, 11) is 0. The maximum absolute atomic E-state index is 13.8. The minimum absolute atomic E-state index is 0.139. The molecule has 4 heteroatoms. The molecule has 3 nitrogen and oxygen atoms in total. The van der Waals surface area contributed by atoms with Gasteiger partial charge < -0.3 is 10.0 Å². The van der Waals surface area contributed by atoms with Gasteiger partial charge in [-0.2, -0.15) is 0 Å². The van der Waals surface area contributed by atoms with Gasteiger partial charge in [-0.05, 0) is 43.9 Å². The van der Waals surface area contributed by atoms with Crippen LogP contribution in [0.5, 0.6) is 0 Å². The van der Waals surface area contributed by atoms with E-state index in [0.717, 1.165) is 6.54 Å². The summed E-state index contributed by atoms with van der Waals surface area (Å²) in [6.07, 6.45) is 2.35. The van der Waals surface area contributed by atoms with Crippen LogP contribution in [0.3, 0.4) is 0 Å². The van der Waals surface area contributed by atoms with Gasteiger partial charge in [0.15, 0.2) is 0 Å². The van der Waals surface area contributed by atoms with Crippen molar-refractivity contribution in [2.24, 2.45) is 5.92 Å². The van der Waals surface area contributed by atoms with Crippen molar-refractivity contribution in [1.29, 1.82) is 0 Å². The van der Waals surface area contributed by atoms with Gasteiger partial charge in [-0.3, -0.25) is 4.79 Å². The maximum Gasteiger partial charge on any atom is 0.253 e. The van der Waals surface area contributed by atoms with E-state index in [1.54, 1.807) is 11.0 Å². The van der Waals surface area contributed by atoms with E-state index in [1.165, 1.54) is 25.0 Å². The standard InChI is InChI=1S/C16H18FNO2/c1-2-18(11-12-5-6-12)16(20)14-8-7-13(4-3-9-19)15(17)10-14/h7-8,10,12,19H,2,5-6,9,11H2,1H3. The van der Waals surface area contributed by atoms with Crippen molar-refractivity contribution in [1.82, 2.24) is 4.90 Å². The lowest BCUT2D eigenvalue weighted by Gasteiger charge is -2.20. The van der Waals surface area contributed by atoms with Gasteiger partial charge >= 0.3 is 0 Å². The third-order valence-electron chi connectivity index (χ3n) is 3.36. The van der Waals surface area contributed by atoms with Gasteiger partial charge in [-0.15, -0.1) is 0 Å². The van der Waals surface area contributed by atoms with E-state index in [1.807, 2.05) is 6.92 Å². The Morgan fingerprint density at radius 2 is 2.25 bits per heavy atom. The first-order valence-electron chi connectivity index (χ1n) is 6.84. The summed E-state index contributed by atoms with van der Waals surface area (Å²) in [6.45, 7) is 2.99. The molecule has 0 aromatic heterocycles. The second-order valence-corrected chi connectivity index (χ2v) is 4.94. The lowest BCUT2D eigenvalue weighted by molar-refractivity contribution is 0.0756. The SMILES string of the molecule is CCN(CC1CC1)C(=O)c1ccc(C#CCO)c(F)c1. The predicted molar refractivity (Wildman–Crippen MR) is 74.7 cm³/mol. The molecule has 1 aromatic carbocycles. The smallest absolute Gasteiger partial charge is 0.253 e. The largest absolute Gasteiger partial charge is 0.384 e. The lowest BCUT2D eigenvalue weighted by atomic mass is 10.1. The molecule has 1 N–H and O–H groups in total. The molecule has 1 aliphatic carbocycles. The van der Waals surface area contributed by atoms with E-state index in [2.05, 4.69) is 11.8 Å². The Labute approximate surface area is 118 Å². The highest BCUT2D eigenvalue weighted by Crippen LogP contribution is 2.30. The van der Waals surface area contributed by atoms with Crippen LogP contribution in [0.15, 0.2) is 18.2 Å². The van der Waals surface area contributed by atoms with Crippen molar-refractivity contribution >= 4 is 5.91 Å². The molecule has 0 radical (unpaired) electrons. The number of carbonyl (C=O) groups excluding carboxylic acids is 1. The van der Waals surface area contributed by atoms with Crippen LogP contribution in [0.2, 0.25) is 0 Å². The van der Waals surface area contributed by atoms with E-state index in [9.17, 15) is 9.18 Å². The van der Waals surface area contributed by atoms with Gasteiger partial charge in [-0.25, -0.2) is 4.39 Å². The molecule has 20 heavy (non-hydrogen) atoms. The molecule has 0 aliphatic heterocycles. The minimum Gasteiger partial charge on any atom is -0.384 e. The number of hydrogen-bond acceptors (Lipinski definition) is 2. The first-order valence-corrected chi connectivity index (χ1v) is 6.84. The van der Waals surface area contributed by atoms with Crippen LogP contribution < -0.4 is 0 Å². The molecule has 1 aromatic rings. The average molecular weight is 275 g/mol. The molecule has 0 bridgehead atoms. The van der Waals surface area contributed by atoms with E-state index in [0.29, 0.717) is 18.0 Å². The van der Waals surface area contributed by atoms with Crippen LogP contribution in [-0.2, 0) is 0 Å². The second kappa shape index (κ2) is 6.53. The highest BCUT2D eigenvalue weighted by Gasteiger charge is 2.26. The fraction of sp³-hybridized carbons (Fsp3) is 0.438. The van der Waals surface area contributed by atoms with Gasteiger partial charge in [0.2, 0.25) is 0 Å². The zero-order valence-electron chi connectivity index (χ0n) is 11.5. The Morgan fingerprint density at radius 3 is 2.80 bits per heavy atom. The number of aliphatic hydroxyl groups excluding tert-OH is 1. The second-order valence-electron chi connectivity index (χ2n) is 4.94. The molecule has 0 atom stereocenters. The summed E-state index contributed by atoms with van der Waals surface area (Å²) in [5.74, 6) is 4.85. The number of amides is 1. The summed E-state index contributed by atoms with van der Waals surface area (Å²) in [5, 5.41) is 8.60. The third-order valence-corrected chi connectivity index (χ3v) is 3.36. The number of rotatable bonds is 4. The summed E-state index contributed by atoms with van der Waals surface area (Å²) in [5.41, 5.74) is 0.542. The summed E-state index contributed by atoms with van der Waals surface area (Å²) in [4.78, 5) is 14.1. The number of nitrogens with zero attached hydrogens (tertiary/aromatic N) is 1. The normalized spacial score (nSPS) is 13.6. The van der Waals surface area contributed by atoms with E-state index >= 15 is 0 Å². The number of hydrogen-bond donors (Lipinski definition) is 1. The highest BCUT2D eigenvalue weighted by molar-refractivity contribution is 5.94. The molecule has 0 unspecified atom stereocenters. The molecule has 106 valence electrons. The monoisotopic (exact) mass is 275 g/mol. The molecule has 1 amide bonds. The molecular weight excluding hydrogens is 257 g/mol. The zero-order valence-corrected chi connectivity index (χ0v) is 11.5. The fourth-order valence-electron chi connectivity index (χ4n) is 2.03. The average Bonchev–Trinajstić information content (AvgIpc) is 3.26.